The largest absolute Gasteiger partial charge is 0.453 e. The zero-order valence-electron chi connectivity index (χ0n) is 8.86. The fraction of sp³-hybridized carbons (Fsp3) is 0.778. The van der Waals surface area contributed by atoms with E-state index in [4.69, 9.17) is 5.84 Å². The van der Waals surface area contributed by atoms with Crippen molar-refractivity contribution in [2.24, 2.45) is 11.8 Å². The van der Waals surface area contributed by atoms with E-state index in [1.807, 2.05) is 0 Å². The summed E-state index contributed by atoms with van der Waals surface area (Å²) < 4.78 is 4.63. The van der Waals surface area contributed by atoms with Crippen LogP contribution in [0.5, 0.6) is 0 Å². The maximum Gasteiger partial charge on any atom is 0.409 e. The number of carbonyl (C=O) groups excluding carboxylic acids is 2. The second-order valence-corrected chi connectivity index (χ2v) is 3.59. The van der Waals surface area contributed by atoms with E-state index in [1.165, 1.54) is 7.11 Å². The first-order valence-electron chi connectivity index (χ1n) is 5.02. The SMILES string of the molecule is COC(=O)N1CCCC(C(=O)NN)CC1. The third-order valence-corrected chi connectivity index (χ3v) is 2.67. The molecule has 0 spiro atoms. The lowest BCUT2D eigenvalue weighted by atomic mass is 10.0. The van der Waals surface area contributed by atoms with Crippen LogP contribution >= 0.6 is 0 Å². The molecule has 2 amide bonds. The van der Waals surface area contributed by atoms with Crippen molar-refractivity contribution in [3.63, 3.8) is 0 Å². The Kier molecular flexibility index (Phi) is 4.36. The Labute approximate surface area is 88.7 Å². The molecule has 1 saturated heterocycles. The van der Waals surface area contributed by atoms with Crippen molar-refractivity contribution in [1.82, 2.24) is 10.3 Å². The number of hydrazine groups is 1. The molecule has 15 heavy (non-hydrogen) atoms. The molecule has 1 atom stereocenters. The van der Waals surface area contributed by atoms with Gasteiger partial charge in [0.25, 0.3) is 0 Å². The van der Waals surface area contributed by atoms with Gasteiger partial charge < -0.3 is 9.64 Å². The Bertz CT molecular complexity index is 221. The quantitative estimate of drug-likeness (QED) is 0.362. The Morgan fingerprint density at radius 2 is 2.13 bits per heavy atom. The van der Waals surface area contributed by atoms with E-state index in [0.29, 0.717) is 19.5 Å². The van der Waals surface area contributed by atoms with Crippen LogP contribution in [-0.4, -0.2) is 37.1 Å². The van der Waals surface area contributed by atoms with Crippen molar-refractivity contribution in [2.45, 2.75) is 19.3 Å². The highest BCUT2D eigenvalue weighted by molar-refractivity contribution is 5.78. The maximum atomic E-state index is 11.3. The van der Waals surface area contributed by atoms with E-state index >= 15 is 0 Å². The molecule has 86 valence electrons. The number of methoxy groups -OCH3 is 1. The van der Waals surface area contributed by atoms with Crippen LogP contribution in [0, 0.1) is 5.92 Å². The standard InChI is InChI=1S/C9H17N3O3/c1-15-9(14)12-5-2-3-7(4-6-12)8(13)11-10/h7H,2-6,10H2,1H3,(H,11,13). The topological polar surface area (TPSA) is 84.7 Å². The van der Waals surface area contributed by atoms with E-state index in [2.05, 4.69) is 10.2 Å². The van der Waals surface area contributed by atoms with E-state index in [-0.39, 0.29) is 17.9 Å². The van der Waals surface area contributed by atoms with Gasteiger partial charge in [-0.05, 0) is 19.3 Å². The Morgan fingerprint density at radius 3 is 2.73 bits per heavy atom. The summed E-state index contributed by atoms with van der Waals surface area (Å²) in [4.78, 5) is 24.2. The van der Waals surface area contributed by atoms with Crippen LogP contribution in [-0.2, 0) is 9.53 Å². The number of amides is 2. The van der Waals surface area contributed by atoms with E-state index in [1.54, 1.807) is 4.90 Å². The van der Waals surface area contributed by atoms with Gasteiger partial charge in [-0.1, -0.05) is 0 Å². The highest BCUT2D eigenvalue weighted by atomic mass is 16.5. The molecule has 0 aromatic heterocycles. The molecule has 0 saturated carbocycles. The lowest BCUT2D eigenvalue weighted by molar-refractivity contribution is -0.125. The van der Waals surface area contributed by atoms with Gasteiger partial charge in [-0.25, -0.2) is 10.6 Å². The Balaban J connectivity index is 2.48. The number of nitrogens with zero attached hydrogens (tertiary/aromatic N) is 1. The summed E-state index contributed by atoms with van der Waals surface area (Å²) in [6, 6.07) is 0. The smallest absolute Gasteiger partial charge is 0.409 e. The molecule has 1 unspecified atom stereocenters. The van der Waals surface area contributed by atoms with Crippen molar-refractivity contribution in [3.05, 3.63) is 0 Å². The maximum absolute atomic E-state index is 11.3. The number of carbonyl (C=O) groups is 2. The zero-order valence-corrected chi connectivity index (χ0v) is 8.86. The van der Waals surface area contributed by atoms with Gasteiger partial charge in [-0.3, -0.25) is 10.2 Å². The monoisotopic (exact) mass is 215 g/mol. The number of rotatable bonds is 1. The second kappa shape index (κ2) is 5.55. The zero-order chi connectivity index (χ0) is 11.3. The minimum absolute atomic E-state index is 0.0929. The Hall–Kier alpha value is -1.30. The highest BCUT2D eigenvalue weighted by Crippen LogP contribution is 2.17. The van der Waals surface area contributed by atoms with Gasteiger partial charge >= 0.3 is 6.09 Å². The molecule has 6 heteroatoms. The normalized spacial score (nSPS) is 21.7. The van der Waals surface area contributed by atoms with Gasteiger partial charge in [0.1, 0.15) is 0 Å². The van der Waals surface area contributed by atoms with E-state index in [0.717, 1.165) is 12.8 Å². The fourth-order valence-corrected chi connectivity index (χ4v) is 1.79. The highest BCUT2D eigenvalue weighted by Gasteiger charge is 2.24. The summed E-state index contributed by atoms with van der Waals surface area (Å²) in [7, 11) is 1.36. The summed E-state index contributed by atoms with van der Waals surface area (Å²) in [5.41, 5.74) is 2.15. The number of nitrogens with one attached hydrogen (secondary N) is 1. The van der Waals surface area contributed by atoms with E-state index in [9.17, 15) is 9.59 Å². The second-order valence-electron chi connectivity index (χ2n) is 3.59. The number of hydrogen-bond donors (Lipinski definition) is 2. The number of likely N-dealkylation sites (tertiary alicyclic amines) is 1. The summed E-state index contributed by atoms with van der Waals surface area (Å²) >= 11 is 0. The number of hydrogen-bond acceptors (Lipinski definition) is 4. The average Bonchev–Trinajstić information content (AvgIpc) is 2.52. The fourth-order valence-electron chi connectivity index (χ4n) is 1.79. The lowest BCUT2D eigenvalue weighted by Crippen LogP contribution is -2.37. The molecule has 3 N–H and O–H groups in total. The van der Waals surface area contributed by atoms with Gasteiger partial charge in [-0.15, -0.1) is 0 Å². The van der Waals surface area contributed by atoms with Gasteiger partial charge in [-0.2, -0.15) is 0 Å². The van der Waals surface area contributed by atoms with Gasteiger partial charge in [0.2, 0.25) is 5.91 Å². The molecule has 0 aliphatic carbocycles. The molecule has 0 aromatic rings. The first kappa shape index (κ1) is 11.8. The third kappa shape index (κ3) is 3.09. The molecular formula is C9H17N3O3. The summed E-state index contributed by atoms with van der Waals surface area (Å²) in [5.74, 6) is 4.83. The van der Waals surface area contributed by atoms with Crippen LogP contribution in [0.1, 0.15) is 19.3 Å². The van der Waals surface area contributed by atoms with Crippen LogP contribution in [0.25, 0.3) is 0 Å². The minimum Gasteiger partial charge on any atom is -0.453 e. The van der Waals surface area contributed by atoms with E-state index < -0.39 is 0 Å². The van der Waals surface area contributed by atoms with Crippen molar-refractivity contribution >= 4 is 12.0 Å². The summed E-state index contributed by atoms with van der Waals surface area (Å²) in [6.45, 7) is 1.19. The molecule has 1 aliphatic rings. The molecule has 0 bridgehead atoms. The predicted molar refractivity (Wildman–Crippen MR) is 53.6 cm³/mol. The predicted octanol–water partition coefficient (Wildman–Crippen LogP) is -0.155. The van der Waals surface area contributed by atoms with Crippen molar-refractivity contribution in [1.29, 1.82) is 0 Å². The van der Waals surface area contributed by atoms with Crippen molar-refractivity contribution in [2.75, 3.05) is 20.2 Å². The molecule has 6 nitrogen and oxygen atoms in total. The third-order valence-electron chi connectivity index (χ3n) is 2.67. The molecule has 0 radical (unpaired) electrons. The number of nitrogens with two attached hydrogens (primary N) is 1. The molecule has 0 aromatic carbocycles. The first-order chi connectivity index (χ1) is 7.19. The van der Waals surface area contributed by atoms with Crippen LogP contribution in [0.2, 0.25) is 0 Å². The molecule has 1 heterocycles. The van der Waals surface area contributed by atoms with Crippen molar-refractivity contribution in [3.8, 4) is 0 Å². The minimum atomic E-state index is -0.330. The molecule has 1 rings (SSSR count). The molecule has 1 fully saturated rings. The van der Waals surface area contributed by atoms with Crippen LogP contribution in [0.15, 0.2) is 0 Å². The first-order valence-corrected chi connectivity index (χ1v) is 5.02. The average molecular weight is 215 g/mol. The Morgan fingerprint density at radius 1 is 1.40 bits per heavy atom. The summed E-state index contributed by atoms with van der Waals surface area (Å²) in [5, 5.41) is 0. The van der Waals surface area contributed by atoms with Gasteiger partial charge in [0, 0.05) is 19.0 Å². The van der Waals surface area contributed by atoms with Gasteiger partial charge in [0.15, 0.2) is 0 Å². The van der Waals surface area contributed by atoms with Crippen molar-refractivity contribution < 1.29 is 14.3 Å². The molecule has 1 aliphatic heterocycles. The van der Waals surface area contributed by atoms with Gasteiger partial charge in [0.05, 0.1) is 7.11 Å². The van der Waals surface area contributed by atoms with Crippen LogP contribution in [0.4, 0.5) is 4.79 Å². The lowest BCUT2D eigenvalue weighted by Gasteiger charge is -2.18. The number of ether oxygens (including phenoxy) is 1. The van der Waals surface area contributed by atoms with Crippen LogP contribution < -0.4 is 11.3 Å². The summed E-state index contributed by atoms with van der Waals surface area (Å²) in [6.07, 6.45) is 1.87. The molecular weight excluding hydrogens is 198 g/mol. The van der Waals surface area contributed by atoms with Crippen LogP contribution in [0.3, 0.4) is 0 Å².